The molecule has 1 aromatic rings. The summed E-state index contributed by atoms with van der Waals surface area (Å²) in [6.07, 6.45) is 2.58. The van der Waals surface area contributed by atoms with Crippen LogP contribution in [-0.2, 0) is 14.3 Å². The van der Waals surface area contributed by atoms with Crippen LogP contribution in [0.25, 0.3) is 6.08 Å². The fourth-order valence-electron chi connectivity index (χ4n) is 3.13. The molecule has 7 nitrogen and oxygen atoms in total. The molecule has 2 N–H and O–H groups in total. The fourth-order valence-corrected chi connectivity index (χ4v) is 3.13. The summed E-state index contributed by atoms with van der Waals surface area (Å²) < 4.78 is 16.1. The predicted octanol–water partition coefficient (Wildman–Crippen LogP) is 1.61. The summed E-state index contributed by atoms with van der Waals surface area (Å²) in [6.45, 7) is 1.01. The first-order valence-electron chi connectivity index (χ1n) is 8.15. The third-order valence-corrected chi connectivity index (χ3v) is 4.54. The molecule has 0 aliphatic carbocycles. The minimum absolute atomic E-state index is 0.124. The van der Waals surface area contributed by atoms with Crippen molar-refractivity contribution in [3.05, 3.63) is 29.3 Å². The second-order valence-corrected chi connectivity index (χ2v) is 6.28. The second kappa shape index (κ2) is 7.14. The lowest BCUT2D eigenvalue weighted by Gasteiger charge is -2.37. The number of carbonyl (C=O) groups excluding carboxylic acids is 1. The Kier molecular flexibility index (Phi) is 4.94. The zero-order chi connectivity index (χ0) is 17.9. The summed E-state index contributed by atoms with van der Waals surface area (Å²) in [5.74, 6) is 0.110. The van der Waals surface area contributed by atoms with E-state index < -0.39 is 11.5 Å². The van der Waals surface area contributed by atoms with E-state index in [1.165, 1.54) is 0 Å². The molecule has 3 rings (SSSR count). The average molecular weight is 347 g/mol. The van der Waals surface area contributed by atoms with Crippen LogP contribution in [-0.4, -0.2) is 49.5 Å². The van der Waals surface area contributed by atoms with Gasteiger partial charge in [-0.25, -0.2) is 0 Å². The van der Waals surface area contributed by atoms with E-state index in [4.69, 9.17) is 14.2 Å². The molecule has 134 valence electrons. The van der Waals surface area contributed by atoms with Crippen LogP contribution in [0.1, 0.15) is 24.8 Å². The van der Waals surface area contributed by atoms with Crippen LogP contribution in [0.3, 0.4) is 0 Å². The summed E-state index contributed by atoms with van der Waals surface area (Å²) in [5, 5.41) is 12.1. The van der Waals surface area contributed by atoms with E-state index in [1.54, 1.807) is 31.4 Å². The minimum Gasteiger partial charge on any atom is -0.497 e. The highest BCUT2D eigenvalue weighted by molar-refractivity contribution is 5.99. The molecule has 0 radical (unpaired) electrons. The van der Waals surface area contributed by atoms with Crippen LogP contribution in [0.4, 0.5) is 0 Å². The van der Waals surface area contributed by atoms with Crippen LogP contribution in [0.15, 0.2) is 23.8 Å². The minimum atomic E-state index is -0.939. The lowest BCUT2D eigenvalue weighted by molar-refractivity contribution is -0.140. The van der Waals surface area contributed by atoms with Gasteiger partial charge in [0.1, 0.15) is 18.1 Å². The molecule has 0 saturated carbocycles. The largest absolute Gasteiger partial charge is 0.497 e. The number of carboxylic acid groups (broad SMARTS) is 1. The average Bonchev–Trinajstić information content (AvgIpc) is 2.60. The van der Waals surface area contributed by atoms with Crippen LogP contribution in [0.5, 0.6) is 11.5 Å². The molecule has 0 aromatic heterocycles. The van der Waals surface area contributed by atoms with Crippen LogP contribution in [0.2, 0.25) is 0 Å². The van der Waals surface area contributed by atoms with Gasteiger partial charge in [-0.15, -0.1) is 0 Å². The Morgan fingerprint density at radius 2 is 2.08 bits per heavy atom. The molecule has 0 unspecified atom stereocenters. The molecule has 0 atom stereocenters. The van der Waals surface area contributed by atoms with Gasteiger partial charge in [0, 0.05) is 18.8 Å². The second-order valence-electron chi connectivity index (χ2n) is 6.28. The zero-order valence-corrected chi connectivity index (χ0v) is 14.0. The molecule has 0 bridgehead atoms. The number of rotatable bonds is 5. The molecule has 25 heavy (non-hydrogen) atoms. The third-order valence-electron chi connectivity index (χ3n) is 4.54. The Morgan fingerprint density at radius 3 is 2.76 bits per heavy atom. The number of methoxy groups -OCH3 is 1. The van der Waals surface area contributed by atoms with Crippen LogP contribution >= 0.6 is 0 Å². The fraction of sp³-hybridized carbons (Fsp3) is 0.444. The Hall–Kier alpha value is -2.54. The topological polar surface area (TPSA) is 94.1 Å². The molecule has 2 aliphatic rings. The van der Waals surface area contributed by atoms with Crippen molar-refractivity contribution in [1.29, 1.82) is 0 Å². The number of benzene rings is 1. The van der Waals surface area contributed by atoms with E-state index in [0.717, 1.165) is 5.56 Å². The van der Waals surface area contributed by atoms with Gasteiger partial charge in [0.05, 0.1) is 24.6 Å². The summed E-state index contributed by atoms with van der Waals surface area (Å²) in [5.41, 5.74) is 0.434. The van der Waals surface area contributed by atoms with Crippen LogP contribution < -0.4 is 14.8 Å². The summed E-state index contributed by atoms with van der Waals surface area (Å²) in [6, 6.07) is 5.38. The number of carboxylic acids is 1. The van der Waals surface area contributed by atoms with Gasteiger partial charge in [0.25, 0.3) is 5.91 Å². The molecular weight excluding hydrogens is 326 g/mol. The Bertz CT molecular complexity index is 706. The number of ether oxygens (including phenoxy) is 3. The number of amides is 1. The van der Waals surface area contributed by atoms with E-state index in [0.29, 0.717) is 43.1 Å². The first kappa shape index (κ1) is 17.3. The van der Waals surface area contributed by atoms with E-state index in [1.807, 2.05) is 0 Å². The zero-order valence-electron chi connectivity index (χ0n) is 14.0. The lowest BCUT2D eigenvalue weighted by atomic mass is 9.86. The van der Waals surface area contributed by atoms with Crippen molar-refractivity contribution in [2.75, 3.05) is 26.9 Å². The number of aliphatic carboxylic acids is 1. The highest BCUT2D eigenvalue weighted by atomic mass is 16.5. The standard InChI is InChI=1S/C18H21NO6/c1-23-14-2-3-15-12(9-14)8-13(11-25-15)17(22)19-18(10-16(20)21)4-6-24-7-5-18/h2-3,8-9H,4-7,10-11H2,1H3,(H,19,22)(H,20,21). The van der Waals surface area contributed by atoms with E-state index in [2.05, 4.69) is 5.32 Å². The Labute approximate surface area is 145 Å². The Morgan fingerprint density at radius 1 is 1.32 bits per heavy atom. The summed E-state index contributed by atoms with van der Waals surface area (Å²) in [7, 11) is 1.57. The highest BCUT2D eigenvalue weighted by Crippen LogP contribution is 2.31. The maximum absolute atomic E-state index is 12.7. The number of carbonyl (C=O) groups is 2. The molecule has 7 heteroatoms. The summed E-state index contributed by atoms with van der Waals surface area (Å²) in [4.78, 5) is 23.9. The van der Waals surface area contributed by atoms with Gasteiger partial charge in [-0.05, 0) is 37.1 Å². The van der Waals surface area contributed by atoms with Crippen molar-refractivity contribution < 1.29 is 28.9 Å². The monoisotopic (exact) mass is 347 g/mol. The molecule has 2 aliphatic heterocycles. The smallest absolute Gasteiger partial charge is 0.305 e. The molecule has 1 saturated heterocycles. The van der Waals surface area contributed by atoms with Crippen LogP contribution in [0, 0.1) is 0 Å². The van der Waals surface area contributed by atoms with Gasteiger partial charge < -0.3 is 24.6 Å². The lowest BCUT2D eigenvalue weighted by Crippen LogP contribution is -2.54. The Balaban J connectivity index is 1.79. The van der Waals surface area contributed by atoms with Gasteiger partial charge in [-0.1, -0.05) is 0 Å². The quantitative estimate of drug-likeness (QED) is 0.840. The van der Waals surface area contributed by atoms with Gasteiger partial charge in [0.15, 0.2) is 0 Å². The molecule has 1 amide bonds. The molecule has 2 heterocycles. The maximum atomic E-state index is 12.7. The SMILES string of the molecule is COc1ccc2c(c1)C=C(C(=O)NC1(CC(=O)O)CCOCC1)CO2. The third kappa shape index (κ3) is 3.93. The van der Waals surface area contributed by atoms with Gasteiger partial charge in [-0.2, -0.15) is 0 Å². The molecule has 1 fully saturated rings. The van der Waals surface area contributed by atoms with Crippen molar-refractivity contribution in [1.82, 2.24) is 5.32 Å². The van der Waals surface area contributed by atoms with Crippen molar-refractivity contribution >= 4 is 18.0 Å². The van der Waals surface area contributed by atoms with E-state index >= 15 is 0 Å². The van der Waals surface area contributed by atoms with E-state index in [9.17, 15) is 14.7 Å². The number of hydrogen-bond acceptors (Lipinski definition) is 5. The predicted molar refractivity (Wildman–Crippen MR) is 89.6 cm³/mol. The van der Waals surface area contributed by atoms with Gasteiger partial charge in [0.2, 0.25) is 0 Å². The normalized spacial score (nSPS) is 18.4. The number of nitrogens with one attached hydrogen (secondary N) is 1. The van der Waals surface area contributed by atoms with Gasteiger partial charge >= 0.3 is 5.97 Å². The molecule has 0 spiro atoms. The van der Waals surface area contributed by atoms with Gasteiger partial charge in [-0.3, -0.25) is 9.59 Å². The molecular formula is C18H21NO6. The highest BCUT2D eigenvalue weighted by Gasteiger charge is 2.37. The summed E-state index contributed by atoms with van der Waals surface area (Å²) >= 11 is 0. The van der Waals surface area contributed by atoms with Crippen molar-refractivity contribution in [3.63, 3.8) is 0 Å². The van der Waals surface area contributed by atoms with E-state index in [-0.39, 0.29) is 18.9 Å². The number of hydrogen-bond donors (Lipinski definition) is 2. The van der Waals surface area contributed by atoms with Crippen molar-refractivity contribution in [3.8, 4) is 11.5 Å². The maximum Gasteiger partial charge on any atom is 0.305 e. The first-order chi connectivity index (χ1) is 12.0. The van der Waals surface area contributed by atoms with Crippen molar-refractivity contribution in [2.45, 2.75) is 24.8 Å². The first-order valence-corrected chi connectivity index (χ1v) is 8.15. The van der Waals surface area contributed by atoms with Crippen molar-refractivity contribution in [2.24, 2.45) is 0 Å². The number of fused-ring (bicyclic) bond motifs is 1. The molecule has 1 aromatic carbocycles.